The highest BCUT2D eigenvalue weighted by atomic mass is 16.5. The number of methoxy groups -OCH3 is 1. The van der Waals surface area contributed by atoms with Crippen LogP contribution in [0.3, 0.4) is 0 Å². The molecule has 0 fully saturated rings. The molecule has 5 rings (SSSR count). The number of ether oxygens (including phenoxy) is 1. The van der Waals surface area contributed by atoms with E-state index in [9.17, 15) is 9.90 Å². The molecule has 0 bridgehead atoms. The molecule has 31 heavy (non-hydrogen) atoms. The van der Waals surface area contributed by atoms with Gasteiger partial charge >= 0.3 is 0 Å². The third-order valence-corrected chi connectivity index (χ3v) is 4.97. The van der Waals surface area contributed by atoms with Gasteiger partial charge in [-0.05, 0) is 30.3 Å². The molecular formula is C23H17N5O3. The Morgan fingerprint density at radius 2 is 1.74 bits per heavy atom. The molecule has 0 saturated heterocycles. The highest BCUT2D eigenvalue weighted by Gasteiger charge is 2.15. The number of azo groups is 1. The van der Waals surface area contributed by atoms with Gasteiger partial charge < -0.3 is 14.8 Å². The summed E-state index contributed by atoms with van der Waals surface area (Å²) in [5.74, 6) is 0.567. The van der Waals surface area contributed by atoms with E-state index in [1.807, 2.05) is 24.3 Å². The fourth-order valence-electron chi connectivity index (χ4n) is 3.48. The largest absolute Gasteiger partial charge is 0.497 e. The fraction of sp³-hybridized carbons (Fsp3) is 0.0435. The number of hydrogen-bond donors (Lipinski definition) is 2. The summed E-state index contributed by atoms with van der Waals surface area (Å²) in [4.78, 5) is 20.7. The van der Waals surface area contributed by atoms with Crippen molar-refractivity contribution in [1.82, 2.24) is 14.5 Å². The summed E-state index contributed by atoms with van der Waals surface area (Å²) >= 11 is 0. The fourth-order valence-corrected chi connectivity index (χ4v) is 3.48. The van der Waals surface area contributed by atoms with Crippen molar-refractivity contribution < 1.29 is 9.84 Å². The van der Waals surface area contributed by atoms with Crippen LogP contribution in [0.15, 0.2) is 87.8 Å². The van der Waals surface area contributed by atoms with E-state index in [1.165, 1.54) is 4.57 Å². The lowest BCUT2D eigenvalue weighted by Gasteiger charge is -2.11. The van der Waals surface area contributed by atoms with Crippen molar-refractivity contribution in [2.75, 3.05) is 7.11 Å². The van der Waals surface area contributed by atoms with Gasteiger partial charge in [-0.3, -0.25) is 4.79 Å². The maximum atomic E-state index is 13.3. The highest BCUT2D eigenvalue weighted by molar-refractivity contribution is 5.94. The van der Waals surface area contributed by atoms with Crippen LogP contribution in [-0.2, 0) is 0 Å². The molecule has 0 radical (unpaired) electrons. The predicted octanol–water partition coefficient (Wildman–Crippen LogP) is 5.00. The first kappa shape index (κ1) is 18.6. The standard InChI is InChI=1S/C23H17N5O3/c1-31-15-8-6-7-14(13-15)28-22(30)17-10-3-5-12-19(17)25-23(28)27-26-20-16-9-2-4-11-18(16)24-21(20)29/h2-13,24,29H,1H3. The number of hydrogen-bond acceptors (Lipinski definition) is 6. The van der Waals surface area contributed by atoms with Crippen molar-refractivity contribution in [3.8, 4) is 17.3 Å². The zero-order valence-electron chi connectivity index (χ0n) is 16.5. The molecule has 0 spiro atoms. The summed E-state index contributed by atoms with van der Waals surface area (Å²) < 4.78 is 6.67. The Morgan fingerprint density at radius 1 is 0.968 bits per heavy atom. The molecule has 0 saturated carbocycles. The van der Waals surface area contributed by atoms with Gasteiger partial charge in [-0.25, -0.2) is 9.55 Å². The summed E-state index contributed by atoms with van der Waals surface area (Å²) in [7, 11) is 1.56. The Bertz CT molecular complexity index is 1520. The molecule has 8 heteroatoms. The number of nitrogens with one attached hydrogen (secondary N) is 1. The summed E-state index contributed by atoms with van der Waals surface area (Å²) in [6.07, 6.45) is 0. The number of aromatic amines is 1. The van der Waals surface area contributed by atoms with Crippen molar-refractivity contribution in [2.24, 2.45) is 10.2 Å². The normalized spacial score (nSPS) is 11.5. The van der Waals surface area contributed by atoms with E-state index in [1.54, 1.807) is 55.6 Å². The van der Waals surface area contributed by atoms with Crippen LogP contribution in [0.2, 0.25) is 0 Å². The van der Waals surface area contributed by atoms with Gasteiger partial charge in [0.1, 0.15) is 5.75 Å². The molecule has 3 aromatic carbocycles. The molecule has 0 aliphatic rings. The maximum absolute atomic E-state index is 13.3. The van der Waals surface area contributed by atoms with Gasteiger partial charge in [0.05, 0.1) is 29.2 Å². The van der Waals surface area contributed by atoms with Crippen LogP contribution in [0.1, 0.15) is 0 Å². The van der Waals surface area contributed by atoms with E-state index in [0.29, 0.717) is 27.7 Å². The van der Waals surface area contributed by atoms with Crippen LogP contribution in [0, 0.1) is 0 Å². The third kappa shape index (κ3) is 3.20. The Kier molecular flexibility index (Phi) is 4.44. The predicted molar refractivity (Wildman–Crippen MR) is 118 cm³/mol. The lowest BCUT2D eigenvalue weighted by atomic mass is 10.2. The Labute approximate surface area is 176 Å². The molecule has 0 unspecified atom stereocenters. The number of H-pyrrole nitrogens is 1. The first-order chi connectivity index (χ1) is 15.2. The molecule has 0 amide bonds. The molecule has 2 aromatic heterocycles. The summed E-state index contributed by atoms with van der Waals surface area (Å²) in [5.41, 5.74) is 1.76. The van der Waals surface area contributed by atoms with Gasteiger partial charge in [0.15, 0.2) is 5.69 Å². The number of rotatable bonds is 4. The van der Waals surface area contributed by atoms with Gasteiger partial charge in [0, 0.05) is 11.5 Å². The first-order valence-corrected chi connectivity index (χ1v) is 9.53. The van der Waals surface area contributed by atoms with Crippen LogP contribution >= 0.6 is 0 Å². The van der Waals surface area contributed by atoms with E-state index in [0.717, 1.165) is 5.52 Å². The van der Waals surface area contributed by atoms with Crippen molar-refractivity contribution in [3.63, 3.8) is 0 Å². The quantitative estimate of drug-likeness (QED) is 0.406. The number of para-hydroxylation sites is 2. The topological polar surface area (TPSA) is 105 Å². The van der Waals surface area contributed by atoms with Gasteiger partial charge in [-0.1, -0.05) is 36.4 Å². The minimum atomic E-state index is -0.282. The van der Waals surface area contributed by atoms with E-state index >= 15 is 0 Å². The highest BCUT2D eigenvalue weighted by Crippen LogP contribution is 2.36. The van der Waals surface area contributed by atoms with Crippen LogP contribution < -0.4 is 10.3 Å². The van der Waals surface area contributed by atoms with Crippen molar-refractivity contribution in [3.05, 3.63) is 83.2 Å². The summed E-state index contributed by atoms with van der Waals surface area (Å²) in [6, 6.07) is 21.4. The Hall–Kier alpha value is -4.46. The van der Waals surface area contributed by atoms with Crippen molar-refractivity contribution in [1.29, 1.82) is 0 Å². The van der Waals surface area contributed by atoms with Crippen molar-refractivity contribution in [2.45, 2.75) is 0 Å². The van der Waals surface area contributed by atoms with Crippen molar-refractivity contribution >= 4 is 33.4 Å². The van der Waals surface area contributed by atoms with Gasteiger partial charge in [-0.2, -0.15) is 0 Å². The van der Waals surface area contributed by atoms with Crippen LogP contribution in [0.4, 0.5) is 11.6 Å². The zero-order chi connectivity index (χ0) is 21.4. The molecule has 5 aromatic rings. The van der Waals surface area contributed by atoms with E-state index in [-0.39, 0.29) is 23.1 Å². The molecule has 0 aliphatic heterocycles. The van der Waals surface area contributed by atoms with Gasteiger partial charge in [-0.15, -0.1) is 10.2 Å². The Morgan fingerprint density at radius 3 is 2.58 bits per heavy atom. The molecule has 0 atom stereocenters. The molecule has 152 valence electrons. The second-order valence-corrected chi connectivity index (χ2v) is 6.84. The second kappa shape index (κ2) is 7.42. The molecular weight excluding hydrogens is 394 g/mol. The minimum absolute atomic E-state index is 0.0848. The minimum Gasteiger partial charge on any atom is -0.497 e. The van der Waals surface area contributed by atoms with Gasteiger partial charge in [0.25, 0.3) is 11.5 Å². The monoisotopic (exact) mass is 411 g/mol. The lowest BCUT2D eigenvalue weighted by Crippen LogP contribution is -2.19. The zero-order valence-corrected chi connectivity index (χ0v) is 16.5. The van der Waals surface area contributed by atoms with Crippen LogP contribution in [-0.4, -0.2) is 26.8 Å². The SMILES string of the molecule is COc1cccc(-n2c(N=Nc3c(O)[nH]c4ccccc34)nc3ccccc3c2=O)c1. The van der Waals surface area contributed by atoms with Gasteiger partial charge in [0.2, 0.25) is 5.88 Å². The number of nitrogens with zero attached hydrogens (tertiary/aromatic N) is 4. The number of fused-ring (bicyclic) bond motifs is 2. The van der Waals surface area contributed by atoms with E-state index < -0.39 is 0 Å². The number of benzene rings is 3. The van der Waals surface area contributed by atoms with Crippen LogP contribution in [0.5, 0.6) is 11.6 Å². The second-order valence-electron chi connectivity index (χ2n) is 6.84. The molecule has 2 N–H and O–H groups in total. The van der Waals surface area contributed by atoms with E-state index in [4.69, 9.17) is 4.74 Å². The molecule has 8 nitrogen and oxygen atoms in total. The number of aromatic nitrogens is 3. The Balaban J connectivity index is 1.74. The maximum Gasteiger partial charge on any atom is 0.267 e. The van der Waals surface area contributed by atoms with Crippen LogP contribution in [0.25, 0.3) is 27.5 Å². The average Bonchev–Trinajstić information content (AvgIpc) is 3.12. The smallest absolute Gasteiger partial charge is 0.267 e. The molecule has 2 heterocycles. The first-order valence-electron chi connectivity index (χ1n) is 9.53. The molecule has 0 aliphatic carbocycles. The van der Waals surface area contributed by atoms with E-state index in [2.05, 4.69) is 20.2 Å². The summed E-state index contributed by atoms with van der Waals surface area (Å²) in [5, 5.41) is 19.9. The number of aromatic hydroxyl groups is 1. The summed E-state index contributed by atoms with van der Waals surface area (Å²) in [6.45, 7) is 0. The third-order valence-electron chi connectivity index (χ3n) is 4.97. The lowest BCUT2D eigenvalue weighted by molar-refractivity contribution is 0.414. The average molecular weight is 411 g/mol.